The molecule has 7 nitrogen and oxygen atoms in total. The van der Waals surface area contributed by atoms with Gasteiger partial charge in [-0.25, -0.2) is 0 Å². The number of nitrogens with two attached hydrogens (primary N) is 1. The molecule has 20 heavy (non-hydrogen) atoms. The minimum absolute atomic E-state index is 0.156. The molecule has 2 aromatic rings. The molecule has 0 bridgehead atoms. The Bertz CT molecular complexity index is 639. The van der Waals surface area contributed by atoms with Crippen molar-refractivity contribution in [1.29, 1.82) is 0 Å². The number of aryl methyl sites for hydroxylation is 1. The third-order valence-electron chi connectivity index (χ3n) is 3.94. The smallest absolute Gasteiger partial charge is 0.224 e. The van der Waals surface area contributed by atoms with Crippen LogP contribution in [0.5, 0.6) is 0 Å². The lowest BCUT2D eigenvalue weighted by Crippen LogP contribution is -2.29. The number of ether oxygens (including phenoxy) is 1. The van der Waals surface area contributed by atoms with Crippen LogP contribution in [0.1, 0.15) is 13.3 Å². The first-order valence-corrected chi connectivity index (χ1v) is 6.71. The average Bonchev–Trinajstić information content (AvgIpc) is 2.94. The van der Waals surface area contributed by atoms with Gasteiger partial charge in [0.25, 0.3) is 0 Å². The van der Waals surface area contributed by atoms with Gasteiger partial charge in [-0.15, -0.1) is 0 Å². The third-order valence-corrected chi connectivity index (χ3v) is 3.94. The molecule has 2 aromatic heterocycles. The number of hydrogen-bond donors (Lipinski definition) is 1. The zero-order valence-electron chi connectivity index (χ0n) is 12.1. The van der Waals surface area contributed by atoms with E-state index in [1.165, 1.54) is 0 Å². The van der Waals surface area contributed by atoms with Crippen molar-refractivity contribution in [3.05, 3.63) is 6.20 Å². The summed E-state index contributed by atoms with van der Waals surface area (Å²) < 4.78 is 7.05. The van der Waals surface area contributed by atoms with E-state index in [2.05, 4.69) is 26.9 Å². The highest BCUT2D eigenvalue weighted by atomic mass is 16.5. The molecule has 1 atom stereocenters. The number of nitrogens with zero attached hydrogens (tertiary/aromatic N) is 5. The standard InChI is InChI=1S/C13H20N6O/c1-13(8-20-3)4-5-19(7-13)11-9-6-15-18(2)10(9)16-12(14)17-11/h6H,4-5,7-8H2,1-3H3,(H2,14,16,17). The second-order valence-electron chi connectivity index (χ2n) is 5.83. The summed E-state index contributed by atoms with van der Waals surface area (Å²) in [7, 11) is 3.60. The summed E-state index contributed by atoms with van der Waals surface area (Å²) in [6.45, 7) is 4.84. The molecule has 1 aliphatic heterocycles. The molecule has 3 rings (SSSR count). The maximum atomic E-state index is 5.83. The normalized spacial score (nSPS) is 22.9. The molecule has 2 N–H and O–H groups in total. The fourth-order valence-corrected chi connectivity index (χ4v) is 2.94. The summed E-state index contributed by atoms with van der Waals surface area (Å²) in [6.07, 6.45) is 2.88. The van der Waals surface area contributed by atoms with Gasteiger partial charge in [-0.3, -0.25) is 4.68 Å². The van der Waals surface area contributed by atoms with Gasteiger partial charge in [-0.1, -0.05) is 6.92 Å². The summed E-state index contributed by atoms with van der Waals surface area (Å²) in [5.41, 5.74) is 6.76. The minimum atomic E-state index is 0.156. The van der Waals surface area contributed by atoms with E-state index in [4.69, 9.17) is 10.5 Å². The number of fused-ring (bicyclic) bond motifs is 1. The van der Waals surface area contributed by atoms with Gasteiger partial charge in [0.1, 0.15) is 5.82 Å². The molecule has 1 fully saturated rings. The Balaban J connectivity index is 1.99. The first-order valence-electron chi connectivity index (χ1n) is 6.71. The Morgan fingerprint density at radius 1 is 1.45 bits per heavy atom. The Kier molecular flexibility index (Phi) is 3.01. The van der Waals surface area contributed by atoms with E-state index in [9.17, 15) is 0 Å². The van der Waals surface area contributed by atoms with Gasteiger partial charge < -0.3 is 15.4 Å². The number of rotatable bonds is 3. The number of methoxy groups -OCH3 is 1. The quantitative estimate of drug-likeness (QED) is 0.893. The van der Waals surface area contributed by atoms with Crippen molar-refractivity contribution in [2.24, 2.45) is 12.5 Å². The molecule has 0 radical (unpaired) electrons. The van der Waals surface area contributed by atoms with Gasteiger partial charge in [0.15, 0.2) is 5.65 Å². The summed E-state index contributed by atoms with van der Waals surface area (Å²) >= 11 is 0. The molecule has 1 saturated heterocycles. The first-order chi connectivity index (χ1) is 9.52. The summed E-state index contributed by atoms with van der Waals surface area (Å²) in [6, 6.07) is 0. The zero-order valence-corrected chi connectivity index (χ0v) is 12.1. The predicted octanol–water partition coefficient (Wildman–Crippen LogP) is 0.808. The maximum absolute atomic E-state index is 5.83. The van der Waals surface area contributed by atoms with Gasteiger partial charge in [-0.05, 0) is 6.42 Å². The summed E-state index contributed by atoms with van der Waals surface area (Å²) in [5, 5.41) is 5.20. The minimum Gasteiger partial charge on any atom is -0.384 e. The van der Waals surface area contributed by atoms with Crippen molar-refractivity contribution >= 4 is 22.8 Å². The Labute approximate surface area is 117 Å². The number of aromatic nitrogens is 4. The molecular formula is C13H20N6O. The molecule has 1 aliphatic rings. The second-order valence-corrected chi connectivity index (χ2v) is 5.83. The molecule has 7 heteroatoms. The highest BCUT2D eigenvalue weighted by Gasteiger charge is 2.35. The number of nitrogen functional groups attached to an aromatic ring is 1. The lowest BCUT2D eigenvalue weighted by molar-refractivity contribution is 0.106. The molecule has 3 heterocycles. The predicted molar refractivity (Wildman–Crippen MR) is 77.5 cm³/mol. The fourth-order valence-electron chi connectivity index (χ4n) is 2.94. The van der Waals surface area contributed by atoms with E-state index >= 15 is 0 Å². The molecule has 0 aromatic carbocycles. The second kappa shape index (κ2) is 4.59. The fraction of sp³-hybridized carbons (Fsp3) is 0.615. The average molecular weight is 276 g/mol. The van der Waals surface area contributed by atoms with Crippen molar-refractivity contribution in [1.82, 2.24) is 19.7 Å². The monoisotopic (exact) mass is 276 g/mol. The van der Waals surface area contributed by atoms with E-state index < -0.39 is 0 Å². The van der Waals surface area contributed by atoms with Crippen LogP contribution in [-0.2, 0) is 11.8 Å². The van der Waals surface area contributed by atoms with E-state index in [-0.39, 0.29) is 11.4 Å². The van der Waals surface area contributed by atoms with Gasteiger partial charge in [-0.2, -0.15) is 15.1 Å². The highest BCUT2D eigenvalue weighted by molar-refractivity contribution is 5.88. The number of anilines is 2. The molecular weight excluding hydrogens is 256 g/mol. The van der Waals surface area contributed by atoms with E-state index in [1.54, 1.807) is 18.0 Å². The van der Waals surface area contributed by atoms with Crippen LogP contribution in [0.3, 0.4) is 0 Å². The van der Waals surface area contributed by atoms with E-state index in [0.717, 1.165) is 43.0 Å². The molecule has 0 spiro atoms. The lowest BCUT2D eigenvalue weighted by atomic mass is 9.91. The van der Waals surface area contributed by atoms with Gasteiger partial charge >= 0.3 is 0 Å². The van der Waals surface area contributed by atoms with Crippen LogP contribution in [0.4, 0.5) is 11.8 Å². The Hall–Kier alpha value is -1.89. The molecule has 0 aliphatic carbocycles. The van der Waals surface area contributed by atoms with Gasteiger partial charge in [0, 0.05) is 32.7 Å². The van der Waals surface area contributed by atoms with Crippen molar-refractivity contribution < 1.29 is 4.74 Å². The van der Waals surface area contributed by atoms with Crippen LogP contribution in [-0.4, -0.2) is 46.6 Å². The summed E-state index contributed by atoms with van der Waals surface area (Å²) in [4.78, 5) is 10.9. The Morgan fingerprint density at radius 2 is 2.25 bits per heavy atom. The SMILES string of the molecule is COCC1(C)CCN(c2nc(N)nc3c2cnn3C)C1. The summed E-state index contributed by atoms with van der Waals surface area (Å²) in [5.74, 6) is 1.16. The van der Waals surface area contributed by atoms with Crippen LogP contribution >= 0.6 is 0 Å². The van der Waals surface area contributed by atoms with Gasteiger partial charge in [0.2, 0.25) is 5.95 Å². The van der Waals surface area contributed by atoms with E-state index in [1.807, 2.05) is 7.05 Å². The van der Waals surface area contributed by atoms with Crippen LogP contribution < -0.4 is 10.6 Å². The number of hydrogen-bond acceptors (Lipinski definition) is 6. The van der Waals surface area contributed by atoms with E-state index in [0.29, 0.717) is 0 Å². The largest absolute Gasteiger partial charge is 0.384 e. The van der Waals surface area contributed by atoms with Crippen molar-refractivity contribution in [2.45, 2.75) is 13.3 Å². The first kappa shape index (κ1) is 13.1. The third kappa shape index (κ3) is 2.07. The van der Waals surface area contributed by atoms with Crippen LogP contribution in [0.25, 0.3) is 11.0 Å². The highest BCUT2D eigenvalue weighted by Crippen LogP contribution is 2.35. The lowest BCUT2D eigenvalue weighted by Gasteiger charge is -2.24. The van der Waals surface area contributed by atoms with Crippen LogP contribution in [0.15, 0.2) is 6.20 Å². The molecule has 1 unspecified atom stereocenters. The van der Waals surface area contributed by atoms with Gasteiger partial charge in [0.05, 0.1) is 18.2 Å². The topological polar surface area (TPSA) is 82.1 Å². The van der Waals surface area contributed by atoms with Crippen LogP contribution in [0.2, 0.25) is 0 Å². The molecule has 0 saturated carbocycles. The Morgan fingerprint density at radius 3 is 3.00 bits per heavy atom. The molecule has 108 valence electrons. The van der Waals surface area contributed by atoms with Crippen molar-refractivity contribution in [3.8, 4) is 0 Å². The zero-order chi connectivity index (χ0) is 14.3. The van der Waals surface area contributed by atoms with Crippen molar-refractivity contribution in [2.75, 3.05) is 37.4 Å². The van der Waals surface area contributed by atoms with Crippen molar-refractivity contribution in [3.63, 3.8) is 0 Å². The maximum Gasteiger partial charge on any atom is 0.224 e. The van der Waals surface area contributed by atoms with Crippen LogP contribution in [0, 0.1) is 5.41 Å². The molecule has 0 amide bonds.